The molecule has 106 valence electrons. The van der Waals surface area contributed by atoms with Crippen LogP contribution >= 0.6 is 0 Å². The lowest BCUT2D eigenvalue weighted by Gasteiger charge is -2.09. The molecule has 0 unspecified atom stereocenters. The van der Waals surface area contributed by atoms with E-state index < -0.39 is 29.0 Å². The highest BCUT2D eigenvalue weighted by atomic mass is 19.4. The molecule has 0 saturated heterocycles. The number of amides is 1. The van der Waals surface area contributed by atoms with Crippen LogP contribution in [0.25, 0.3) is 0 Å². The first kappa shape index (κ1) is 14.0. The van der Waals surface area contributed by atoms with Crippen molar-refractivity contribution in [3.63, 3.8) is 0 Å². The van der Waals surface area contributed by atoms with Gasteiger partial charge in [0, 0.05) is 6.07 Å². The summed E-state index contributed by atoms with van der Waals surface area (Å²) < 4.78 is 55.4. The molecule has 0 spiro atoms. The lowest BCUT2D eigenvalue weighted by molar-refractivity contribution is -0.137. The van der Waals surface area contributed by atoms with E-state index in [4.69, 9.17) is 0 Å². The molecule has 1 aromatic heterocycles. The Labute approximate surface area is 110 Å². The highest BCUT2D eigenvalue weighted by Crippen LogP contribution is 2.30. The number of aromatic nitrogens is 1. The highest BCUT2D eigenvalue weighted by Gasteiger charge is 2.31. The molecule has 0 aliphatic heterocycles. The van der Waals surface area contributed by atoms with Crippen LogP contribution in [0.15, 0.2) is 35.1 Å². The van der Waals surface area contributed by atoms with E-state index in [1.165, 1.54) is 12.3 Å². The molecule has 0 atom stereocenters. The molecule has 0 aliphatic rings. The second kappa shape index (κ2) is 5.32. The van der Waals surface area contributed by atoms with Crippen LogP contribution in [0, 0.1) is 5.82 Å². The minimum absolute atomic E-state index is 0.0784. The minimum atomic E-state index is -4.64. The normalized spacial score (nSPS) is 11.4. The van der Waals surface area contributed by atoms with Gasteiger partial charge in [-0.2, -0.15) is 13.2 Å². The standard InChI is InChI=1S/C12H8F4N2O2/c13-10-2-1-7(12(14,15)16)5-9(10)11(19)17-6-8-3-4-20-18-8/h1-5H,6H2,(H,17,19). The van der Waals surface area contributed by atoms with Crippen molar-refractivity contribution in [2.75, 3.05) is 0 Å². The molecule has 4 nitrogen and oxygen atoms in total. The Bertz CT molecular complexity index is 608. The molecule has 0 saturated carbocycles. The van der Waals surface area contributed by atoms with Crippen molar-refractivity contribution in [1.29, 1.82) is 0 Å². The Morgan fingerprint density at radius 3 is 2.65 bits per heavy atom. The van der Waals surface area contributed by atoms with Crippen molar-refractivity contribution >= 4 is 5.91 Å². The smallest absolute Gasteiger partial charge is 0.364 e. The van der Waals surface area contributed by atoms with Crippen molar-refractivity contribution in [1.82, 2.24) is 10.5 Å². The van der Waals surface area contributed by atoms with Crippen molar-refractivity contribution in [2.24, 2.45) is 0 Å². The number of alkyl halides is 3. The molecule has 2 rings (SSSR count). The quantitative estimate of drug-likeness (QED) is 0.884. The Morgan fingerprint density at radius 2 is 2.05 bits per heavy atom. The molecule has 0 bridgehead atoms. The number of carbonyl (C=O) groups excluding carboxylic acids is 1. The van der Waals surface area contributed by atoms with Gasteiger partial charge in [-0.15, -0.1) is 0 Å². The van der Waals surface area contributed by atoms with Gasteiger partial charge in [0.2, 0.25) is 0 Å². The van der Waals surface area contributed by atoms with Gasteiger partial charge in [-0.25, -0.2) is 4.39 Å². The van der Waals surface area contributed by atoms with Gasteiger partial charge in [0.25, 0.3) is 5.91 Å². The van der Waals surface area contributed by atoms with Gasteiger partial charge >= 0.3 is 6.18 Å². The monoisotopic (exact) mass is 288 g/mol. The lowest BCUT2D eigenvalue weighted by atomic mass is 10.1. The van der Waals surface area contributed by atoms with Crippen LogP contribution in [0.5, 0.6) is 0 Å². The zero-order chi connectivity index (χ0) is 14.8. The van der Waals surface area contributed by atoms with E-state index in [0.717, 1.165) is 0 Å². The number of rotatable bonds is 3. The second-order valence-electron chi connectivity index (χ2n) is 3.87. The van der Waals surface area contributed by atoms with Crippen LogP contribution in [0.3, 0.4) is 0 Å². The van der Waals surface area contributed by atoms with Gasteiger partial charge < -0.3 is 9.84 Å². The van der Waals surface area contributed by atoms with Crippen molar-refractivity contribution in [3.05, 3.63) is 53.2 Å². The number of nitrogens with zero attached hydrogens (tertiary/aromatic N) is 1. The van der Waals surface area contributed by atoms with E-state index in [0.29, 0.717) is 23.9 Å². The maximum Gasteiger partial charge on any atom is 0.416 e. The summed E-state index contributed by atoms with van der Waals surface area (Å²) in [4.78, 5) is 11.7. The number of nitrogens with one attached hydrogen (secondary N) is 1. The van der Waals surface area contributed by atoms with Gasteiger partial charge in [-0.1, -0.05) is 5.16 Å². The number of benzene rings is 1. The Hall–Kier alpha value is -2.38. The SMILES string of the molecule is O=C(NCc1ccon1)c1cc(C(F)(F)F)ccc1F. The predicted molar refractivity (Wildman–Crippen MR) is 59.1 cm³/mol. The first-order valence-corrected chi connectivity index (χ1v) is 5.42. The molecule has 1 heterocycles. The summed E-state index contributed by atoms with van der Waals surface area (Å²) in [5, 5.41) is 5.75. The minimum Gasteiger partial charge on any atom is -0.364 e. The van der Waals surface area contributed by atoms with Crippen LogP contribution in [-0.2, 0) is 12.7 Å². The molecule has 20 heavy (non-hydrogen) atoms. The molecule has 2 aromatic rings. The highest BCUT2D eigenvalue weighted by molar-refractivity contribution is 5.94. The third-order valence-corrected chi connectivity index (χ3v) is 2.46. The number of halogens is 4. The molecule has 0 radical (unpaired) electrons. The maximum absolute atomic E-state index is 13.4. The third-order valence-electron chi connectivity index (χ3n) is 2.46. The van der Waals surface area contributed by atoms with E-state index >= 15 is 0 Å². The van der Waals surface area contributed by atoms with Crippen molar-refractivity contribution < 1.29 is 26.9 Å². The predicted octanol–water partition coefficient (Wildman–Crippen LogP) is 2.76. The fourth-order valence-electron chi connectivity index (χ4n) is 1.47. The number of carbonyl (C=O) groups is 1. The van der Waals surface area contributed by atoms with Gasteiger partial charge in [-0.3, -0.25) is 4.79 Å². The molecule has 1 amide bonds. The summed E-state index contributed by atoms with van der Waals surface area (Å²) in [5.41, 5.74) is -1.40. The van der Waals surface area contributed by atoms with E-state index in [9.17, 15) is 22.4 Å². The molecule has 0 aliphatic carbocycles. The third kappa shape index (κ3) is 3.14. The van der Waals surface area contributed by atoms with Crippen LogP contribution < -0.4 is 5.32 Å². The molecular formula is C12H8F4N2O2. The summed E-state index contributed by atoms with van der Waals surface area (Å²) in [6.45, 7) is -0.0784. The summed E-state index contributed by atoms with van der Waals surface area (Å²) in [7, 11) is 0. The van der Waals surface area contributed by atoms with Gasteiger partial charge in [0.15, 0.2) is 0 Å². The fraction of sp³-hybridized carbons (Fsp3) is 0.167. The van der Waals surface area contributed by atoms with Gasteiger partial charge in [0.05, 0.1) is 17.7 Å². The van der Waals surface area contributed by atoms with Crippen LogP contribution in [0.1, 0.15) is 21.6 Å². The largest absolute Gasteiger partial charge is 0.416 e. The molecule has 1 aromatic carbocycles. The van der Waals surface area contributed by atoms with Crippen molar-refractivity contribution in [3.8, 4) is 0 Å². The summed E-state index contributed by atoms with van der Waals surface area (Å²) in [6.07, 6.45) is -3.37. The van der Waals surface area contributed by atoms with Gasteiger partial charge in [-0.05, 0) is 18.2 Å². The lowest BCUT2D eigenvalue weighted by Crippen LogP contribution is -2.24. The molecular weight excluding hydrogens is 280 g/mol. The zero-order valence-electron chi connectivity index (χ0n) is 9.87. The molecule has 0 fully saturated rings. The maximum atomic E-state index is 13.4. The second-order valence-corrected chi connectivity index (χ2v) is 3.87. The first-order valence-electron chi connectivity index (χ1n) is 5.42. The number of hydrogen-bond acceptors (Lipinski definition) is 3. The summed E-state index contributed by atoms with van der Waals surface area (Å²) in [5.74, 6) is -1.99. The van der Waals surface area contributed by atoms with Crippen molar-refractivity contribution in [2.45, 2.75) is 12.7 Å². The fourth-order valence-corrected chi connectivity index (χ4v) is 1.47. The topological polar surface area (TPSA) is 55.1 Å². The van der Waals surface area contributed by atoms with Crippen LogP contribution in [0.2, 0.25) is 0 Å². The van der Waals surface area contributed by atoms with Crippen LogP contribution in [0.4, 0.5) is 17.6 Å². The molecule has 1 N–H and O–H groups in total. The first-order chi connectivity index (χ1) is 9.38. The van der Waals surface area contributed by atoms with E-state index in [1.807, 2.05) is 0 Å². The Balaban J connectivity index is 2.16. The summed E-state index contributed by atoms with van der Waals surface area (Å²) >= 11 is 0. The van der Waals surface area contributed by atoms with E-state index in [2.05, 4.69) is 15.0 Å². The van der Waals surface area contributed by atoms with E-state index in [-0.39, 0.29) is 6.54 Å². The molecule has 8 heteroatoms. The van der Waals surface area contributed by atoms with E-state index in [1.54, 1.807) is 0 Å². The average Bonchev–Trinajstić information content (AvgIpc) is 2.88. The Morgan fingerprint density at radius 1 is 1.30 bits per heavy atom. The Kier molecular flexibility index (Phi) is 3.73. The zero-order valence-corrected chi connectivity index (χ0v) is 9.87. The average molecular weight is 288 g/mol. The van der Waals surface area contributed by atoms with Crippen LogP contribution in [-0.4, -0.2) is 11.1 Å². The number of hydrogen-bond donors (Lipinski definition) is 1. The van der Waals surface area contributed by atoms with Gasteiger partial charge in [0.1, 0.15) is 17.8 Å². The summed E-state index contributed by atoms with van der Waals surface area (Å²) in [6, 6.07) is 3.10.